The Hall–Kier alpha value is -2.67. The number of nitrogens with zero attached hydrogens (tertiary/aromatic N) is 1. The SMILES string of the molecule is Cc1ccc(NC(=O)C2C3C=CC4(O3)C2C(=O)N(CCC(C)C)C4C(=O)NC2CCCCC2)cc1. The van der Waals surface area contributed by atoms with Crippen molar-refractivity contribution in [1.82, 2.24) is 10.2 Å². The Balaban J connectivity index is 1.42. The monoisotopic (exact) mass is 479 g/mol. The van der Waals surface area contributed by atoms with Crippen LogP contribution in [-0.2, 0) is 19.1 Å². The molecule has 0 aromatic heterocycles. The number of fused-ring (bicyclic) bond motifs is 1. The molecule has 3 aliphatic heterocycles. The van der Waals surface area contributed by atoms with E-state index in [9.17, 15) is 14.4 Å². The molecule has 1 saturated carbocycles. The first-order valence-electron chi connectivity index (χ1n) is 13.2. The molecule has 3 heterocycles. The standard InChI is InChI=1S/C28H37N3O4/c1-17(2)14-16-31-24(26(33)30-19-7-5-4-6-8-19)28-15-13-21(35-28)22(23(28)27(31)34)25(32)29-20-11-9-18(3)10-12-20/h9-13,15,17,19,21-24H,4-8,14,16H2,1-3H3,(H,29,32)(H,30,33). The summed E-state index contributed by atoms with van der Waals surface area (Å²) in [6.07, 6.45) is 9.39. The van der Waals surface area contributed by atoms with Gasteiger partial charge in [0, 0.05) is 18.3 Å². The number of amides is 3. The molecule has 7 nitrogen and oxygen atoms in total. The first kappa shape index (κ1) is 24.0. The van der Waals surface area contributed by atoms with Crippen LogP contribution >= 0.6 is 0 Å². The highest BCUT2D eigenvalue weighted by molar-refractivity contribution is 6.02. The summed E-state index contributed by atoms with van der Waals surface area (Å²) in [4.78, 5) is 42.7. The normalized spacial score (nSPS) is 31.8. The Labute approximate surface area is 207 Å². The zero-order valence-corrected chi connectivity index (χ0v) is 21.0. The molecule has 5 rings (SSSR count). The topological polar surface area (TPSA) is 87.7 Å². The van der Waals surface area contributed by atoms with Gasteiger partial charge in [-0.3, -0.25) is 14.4 Å². The second-order valence-corrected chi connectivity index (χ2v) is 11.1. The molecule has 4 aliphatic rings. The van der Waals surface area contributed by atoms with Crippen molar-refractivity contribution in [3.8, 4) is 0 Å². The maximum Gasteiger partial charge on any atom is 0.246 e. The molecule has 188 valence electrons. The van der Waals surface area contributed by atoms with Crippen molar-refractivity contribution >= 4 is 23.4 Å². The molecule has 3 amide bonds. The lowest BCUT2D eigenvalue weighted by molar-refractivity contribution is -0.141. The number of likely N-dealkylation sites (tertiary alicyclic amines) is 1. The Morgan fingerprint density at radius 2 is 1.83 bits per heavy atom. The molecule has 3 fully saturated rings. The summed E-state index contributed by atoms with van der Waals surface area (Å²) in [7, 11) is 0. The summed E-state index contributed by atoms with van der Waals surface area (Å²) in [5.74, 6) is -1.51. The summed E-state index contributed by atoms with van der Waals surface area (Å²) < 4.78 is 6.41. The van der Waals surface area contributed by atoms with Gasteiger partial charge in [-0.2, -0.15) is 0 Å². The van der Waals surface area contributed by atoms with Crippen LogP contribution in [0.4, 0.5) is 5.69 Å². The zero-order valence-electron chi connectivity index (χ0n) is 21.0. The minimum absolute atomic E-state index is 0.136. The molecule has 2 bridgehead atoms. The van der Waals surface area contributed by atoms with Gasteiger partial charge in [0.2, 0.25) is 17.7 Å². The number of nitrogens with one attached hydrogen (secondary N) is 2. The fraction of sp³-hybridized carbons (Fsp3) is 0.607. The predicted octanol–water partition coefficient (Wildman–Crippen LogP) is 3.58. The van der Waals surface area contributed by atoms with Gasteiger partial charge >= 0.3 is 0 Å². The van der Waals surface area contributed by atoms with Crippen LogP contribution in [0.2, 0.25) is 0 Å². The van der Waals surface area contributed by atoms with E-state index in [-0.39, 0.29) is 23.8 Å². The van der Waals surface area contributed by atoms with Gasteiger partial charge in [-0.25, -0.2) is 0 Å². The molecular weight excluding hydrogens is 442 g/mol. The van der Waals surface area contributed by atoms with Gasteiger partial charge in [0.1, 0.15) is 11.6 Å². The number of anilines is 1. The molecule has 1 aliphatic carbocycles. The first-order chi connectivity index (χ1) is 16.8. The quantitative estimate of drug-likeness (QED) is 0.585. The number of hydrogen-bond donors (Lipinski definition) is 2. The fourth-order valence-electron chi connectivity index (χ4n) is 6.29. The number of rotatable bonds is 7. The second kappa shape index (κ2) is 9.41. The van der Waals surface area contributed by atoms with Crippen molar-refractivity contribution in [3.05, 3.63) is 42.0 Å². The molecule has 1 aromatic carbocycles. The number of carbonyl (C=O) groups is 3. The van der Waals surface area contributed by atoms with Gasteiger partial charge in [0.15, 0.2) is 0 Å². The van der Waals surface area contributed by atoms with Gasteiger partial charge in [-0.15, -0.1) is 0 Å². The summed E-state index contributed by atoms with van der Waals surface area (Å²) in [5, 5.41) is 6.21. The third-order valence-corrected chi connectivity index (χ3v) is 8.14. The largest absolute Gasteiger partial charge is 0.359 e. The molecule has 2 saturated heterocycles. The van der Waals surface area contributed by atoms with Gasteiger partial charge in [-0.05, 0) is 44.2 Å². The highest BCUT2D eigenvalue weighted by Gasteiger charge is 2.72. The van der Waals surface area contributed by atoms with E-state index in [0.717, 1.165) is 37.7 Å². The Morgan fingerprint density at radius 1 is 1.11 bits per heavy atom. The smallest absolute Gasteiger partial charge is 0.246 e. The molecular formula is C28H37N3O4. The van der Waals surface area contributed by atoms with Gasteiger partial charge in [0.05, 0.1) is 17.9 Å². The number of hydrogen-bond acceptors (Lipinski definition) is 4. The maximum absolute atomic E-state index is 13.9. The lowest BCUT2D eigenvalue weighted by Crippen LogP contribution is -2.56. The Bertz CT molecular complexity index is 1010. The molecule has 5 atom stereocenters. The summed E-state index contributed by atoms with van der Waals surface area (Å²) >= 11 is 0. The summed E-state index contributed by atoms with van der Waals surface area (Å²) in [6, 6.07) is 6.98. The fourth-order valence-corrected chi connectivity index (χ4v) is 6.29. The predicted molar refractivity (Wildman–Crippen MR) is 134 cm³/mol. The third kappa shape index (κ3) is 4.28. The Morgan fingerprint density at radius 3 is 2.51 bits per heavy atom. The highest BCUT2D eigenvalue weighted by atomic mass is 16.5. The van der Waals surface area contributed by atoms with E-state index in [4.69, 9.17) is 4.74 Å². The van der Waals surface area contributed by atoms with Crippen molar-refractivity contribution in [1.29, 1.82) is 0 Å². The lowest BCUT2D eigenvalue weighted by Gasteiger charge is -2.34. The Kier molecular flexibility index (Phi) is 6.47. The highest BCUT2D eigenvalue weighted by Crippen LogP contribution is 2.55. The van der Waals surface area contributed by atoms with Gasteiger partial charge in [0.25, 0.3) is 0 Å². The van der Waals surface area contributed by atoms with Crippen molar-refractivity contribution in [2.45, 2.75) is 83.1 Å². The zero-order chi connectivity index (χ0) is 24.7. The minimum atomic E-state index is -1.09. The molecule has 2 N–H and O–H groups in total. The van der Waals surface area contributed by atoms with E-state index >= 15 is 0 Å². The van der Waals surface area contributed by atoms with Gasteiger partial charge < -0.3 is 20.3 Å². The van der Waals surface area contributed by atoms with Gasteiger partial charge in [-0.1, -0.05) is 63.0 Å². The van der Waals surface area contributed by atoms with Crippen LogP contribution < -0.4 is 10.6 Å². The van der Waals surface area contributed by atoms with E-state index in [0.29, 0.717) is 18.2 Å². The molecule has 35 heavy (non-hydrogen) atoms. The van der Waals surface area contributed by atoms with Crippen molar-refractivity contribution in [2.24, 2.45) is 17.8 Å². The first-order valence-corrected chi connectivity index (χ1v) is 13.2. The average molecular weight is 480 g/mol. The number of ether oxygens (including phenoxy) is 1. The summed E-state index contributed by atoms with van der Waals surface area (Å²) in [5.41, 5.74) is 0.703. The van der Waals surface area contributed by atoms with Crippen LogP contribution in [0.5, 0.6) is 0 Å². The average Bonchev–Trinajstić information content (AvgIpc) is 3.47. The van der Waals surface area contributed by atoms with Crippen LogP contribution in [0.3, 0.4) is 0 Å². The van der Waals surface area contributed by atoms with Crippen molar-refractivity contribution in [2.75, 3.05) is 11.9 Å². The molecule has 1 spiro atoms. The van der Waals surface area contributed by atoms with Crippen molar-refractivity contribution in [3.63, 3.8) is 0 Å². The minimum Gasteiger partial charge on any atom is -0.359 e. The second-order valence-electron chi connectivity index (χ2n) is 11.1. The lowest BCUT2D eigenvalue weighted by atomic mass is 9.74. The van der Waals surface area contributed by atoms with E-state index in [1.807, 2.05) is 43.3 Å². The number of carbonyl (C=O) groups excluding carboxylic acids is 3. The number of benzene rings is 1. The van der Waals surface area contributed by atoms with E-state index < -0.39 is 29.6 Å². The van der Waals surface area contributed by atoms with Crippen LogP contribution in [-0.4, -0.2) is 53.0 Å². The van der Waals surface area contributed by atoms with Crippen molar-refractivity contribution < 1.29 is 19.1 Å². The van der Waals surface area contributed by atoms with Crippen LogP contribution in [0.15, 0.2) is 36.4 Å². The van der Waals surface area contributed by atoms with E-state index in [2.05, 4.69) is 24.5 Å². The van der Waals surface area contributed by atoms with Crippen LogP contribution in [0.25, 0.3) is 0 Å². The number of aryl methyl sites for hydroxylation is 1. The molecule has 7 heteroatoms. The molecule has 0 radical (unpaired) electrons. The van der Waals surface area contributed by atoms with Crippen LogP contribution in [0.1, 0.15) is 57.9 Å². The van der Waals surface area contributed by atoms with Crippen LogP contribution in [0, 0.1) is 24.7 Å². The van der Waals surface area contributed by atoms with E-state index in [1.165, 1.54) is 6.42 Å². The summed E-state index contributed by atoms with van der Waals surface area (Å²) in [6.45, 7) is 6.68. The van der Waals surface area contributed by atoms with E-state index in [1.54, 1.807) is 4.90 Å². The maximum atomic E-state index is 13.9. The molecule has 5 unspecified atom stereocenters. The third-order valence-electron chi connectivity index (χ3n) is 8.14. The molecule has 1 aromatic rings.